The lowest BCUT2D eigenvalue weighted by molar-refractivity contribution is -0.384. The topological polar surface area (TPSA) is 136 Å². The summed E-state index contributed by atoms with van der Waals surface area (Å²) >= 11 is 0. The van der Waals surface area contributed by atoms with Crippen molar-refractivity contribution in [3.8, 4) is 23.0 Å². The van der Waals surface area contributed by atoms with Gasteiger partial charge in [0.2, 0.25) is 12.7 Å². The van der Waals surface area contributed by atoms with Crippen molar-refractivity contribution in [1.82, 2.24) is 0 Å². The van der Waals surface area contributed by atoms with Gasteiger partial charge in [0.1, 0.15) is 0 Å². The van der Waals surface area contributed by atoms with Crippen LogP contribution in [-0.2, 0) is 14.3 Å². The molecule has 3 aromatic rings. The first-order chi connectivity index (χ1) is 18.9. The number of nitro benzene ring substituents is 1. The highest BCUT2D eigenvalue weighted by Crippen LogP contribution is 2.34. The van der Waals surface area contributed by atoms with Crippen LogP contribution in [0.5, 0.6) is 23.0 Å². The smallest absolute Gasteiger partial charge is 0.363 e. The van der Waals surface area contributed by atoms with E-state index in [1.54, 1.807) is 37.3 Å². The van der Waals surface area contributed by atoms with Crippen molar-refractivity contribution >= 4 is 35.7 Å². The van der Waals surface area contributed by atoms with E-state index in [1.165, 1.54) is 48.6 Å². The summed E-state index contributed by atoms with van der Waals surface area (Å²) in [6.45, 7) is 2.21. The summed E-state index contributed by atoms with van der Waals surface area (Å²) in [5.74, 6) is 0.458. The van der Waals surface area contributed by atoms with Crippen LogP contribution in [0.4, 0.5) is 5.69 Å². The van der Waals surface area contributed by atoms with Crippen molar-refractivity contribution in [3.63, 3.8) is 0 Å². The van der Waals surface area contributed by atoms with Crippen LogP contribution in [0.1, 0.15) is 23.6 Å². The molecule has 0 bridgehead atoms. The Balaban J connectivity index is 1.31. The van der Waals surface area contributed by atoms with E-state index in [1.807, 2.05) is 0 Å². The predicted octanol–water partition coefficient (Wildman–Crippen LogP) is 4.69. The Bertz CT molecular complexity index is 1560. The van der Waals surface area contributed by atoms with Gasteiger partial charge in [0.25, 0.3) is 5.69 Å². The van der Waals surface area contributed by atoms with E-state index >= 15 is 0 Å². The molecule has 0 unspecified atom stereocenters. The molecular weight excluding hydrogens is 508 g/mol. The van der Waals surface area contributed by atoms with E-state index in [4.69, 9.17) is 23.7 Å². The molecule has 3 aromatic carbocycles. The minimum Gasteiger partial charge on any atom is -0.490 e. The Hall–Kier alpha value is -5.45. The standard InChI is InChI=1S/C28H20N2O9/c1-2-35-24-14-18(5-10-23(24)38-26(31)12-6-17-3-8-20(9-4-17)30(33)34)13-21-28(32)39-27(29-21)19-7-11-22-25(15-19)37-16-36-22/h3-15H,2,16H2,1H3/b12-6+,21-13+. The number of ether oxygens (including phenoxy) is 5. The number of benzene rings is 3. The van der Waals surface area contributed by atoms with E-state index < -0.39 is 16.9 Å². The summed E-state index contributed by atoms with van der Waals surface area (Å²) in [5, 5.41) is 10.8. The van der Waals surface area contributed by atoms with Gasteiger partial charge in [0, 0.05) is 23.8 Å². The second-order valence-corrected chi connectivity index (χ2v) is 8.15. The SMILES string of the molecule is CCOc1cc(/C=C2/N=C(c3ccc4c(c3)OCO4)OC2=O)ccc1OC(=O)/C=C/c1ccc([N+](=O)[O-])cc1. The number of cyclic esters (lactones) is 1. The fourth-order valence-corrected chi connectivity index (χ4v) is 3.70. The predicted molar refractivity (Wildman–Crippen MR) is 139 cm³/mol. The Morgan fingerprint density at radius 3 is 2.56 bits per heavy atom. The van der Waals surface area contributed by atoms with E-state index in [2.05, 4.69) is 4.99 Å². The number of carbonyl (C=O) groups excluding carboxylic acids is 2. The summed E-state index contributed by atoms with van der Waals surface area (Å²) < 4.78 is 27.0. The molecule has 39 heavy (non-hydrogen) atoms. The lowest BCUT2D eigenvalue weighted by Gasteiger charge is -2.10. The van der Waals surface area contributed by atoms with Crippen molar-refractivity contribution in [3.05, 3.63) is 99.2 Å². The number of hydrogen-bond donors (Lipinski definition) is 0. The van der Waals surface area contributed by atoms with Gasteiger partial charge in [-0.3, -0.25) is 10.1 Å². The summed E-state index contributed by atoms with van der Waals surface area (Å²) in [5.41, 5.74) is 1.76. The molecule has 0 saturated carbocycles. The minimum atomic E-state index is -0.669. The molecule has 0 radical (unpaired) electrons. The molecule has 2 aliphatic rings. The summed E-state index contributed by atoms with van der Waals surface area (Å²) in [6, 6.07) is 15.6. The molecule has 11 nitrogen and oxygen atoms in total. The number of fused-ring (bicyclic) bond motifs is 1. The van der Waals surface area contributed by atoms with Gasteiger partial charge in [0.15, 0.2) is 28.7 Å². The van der Waals surface area contributed by atoms with Crippen LogP contribution in [0.2, 0.25) is 0 Å². The maximum Gasteiger partial charge on any atom is 0.363 e. The van der Waals surface area contributed by atoms with E-state index in [0.717, 1.165) is 0 Å². The normalized spacial score (nSPS) is 14.8. The first kappa shape index (κ1) is 25.2. The largest absolute Gasteiger partial charge is 0.490 e. The number of esters is 2. The van der Waals surface area contributed by atoms with Crippen LogP contribution in [0.25, 0.3) is 12.2 Å². The Labute approximate surface area is 221 Å². The molecule has 0 N–H and O–H groups in total. The minimum absolute atomic E-state index is 0.0492. The lowest BCUT2D eigenvalue weighted by atomic mass is 10.1. The van der Waals surface area contributed by atoms with Crippen molar-refractivity contribution < 1.29 is 38.2 Å². The summed E-state index contributed by atoms with van der Waals surface area (Å²) in [6.07, 6.45) is 4.21. The van der Waals surface area contributed by atoms with E-state index in [0.29, 0.717) is 34.8 Å². The molecule has 0 saturated heterocycles. The zero-order valence-electron chi connectivity index (χ0n) is 20.5. The zero-order chi connectivity index (χ0) is 27.4. The zero-order valence-corrected chi connectivity index (χ0v) is 20.5. The van der Waals surface area contributed by atoms with Crippen molar-refractivity contribution in [2.24, 2.45) is 4.99 Å². The van der Waals surface area contributed by atoms with Crippen molar-refractivity contribution in [2.75, 3.05) is 13.4 Å². The number of aliphatic imine (C=N–C) groups is 1. The second-order valence-electron chi connectivity index (χ2n) is 8.15. The van der Waals surface area contributed by atoms with Gasteiger partial charge in [-0.1, -0.05) is 6.07 Å². The molecule has 0 amide bonds. The Morgan fingerprint density at radius 2 is 1.79 bits per heavy atom. The monoisotopic (exact) mass is 528 g/mol. The Morgan fingerprint density at radius 1 is 1.03 bits per heavy atom. The third kappa shape index (κ3) is 5.77. The first-order valence-corrected chi connectivity index (χ1v) is 11.7. The number of rotatable bonds is 8. The van der Waals surface area contributed by atoms with Crippen LogP contribution < -0.4 is 18.9 Å². The van der Waals surface area contributed by atoms with Gasteiger partial charge in [-0.15, -0.1) is 0 Å². The highest BCUT2D eigenvalue weighted by atomic mass is 16.7. The van der Waals surface area contributed by atoms with Crippen LogP contribution >= 0.6 is 0 Å². The highest BCUT2D eigenvalue weighted by Gasteiger charge is 2.26. The molecule has 5 rings (SSSR count). The number of nitro groups is 1. The maximum atomic E-state index is 12.5. The van der Waals surface area contributed by atoms with Crippen LogP contribution in [-0.4, -0.2) is 36.2 Å². The lowest BCUT2D eigenvalue weighted by Crippen LogP contribution is -2.06. The second kappa shape index (κ2) is 10.9. The highest BCUT2D eigenvalue weighted by molar-refractivity contribution is 6.13. The third-order valence-corrected chi connectivity index (χ3v) is 5.54. The van der Waals surface area contributed by atoms with Gasteiger partial charge < -0.3 is 23.7 Å². The van der Waals surface area contributed by atoms with Gasteiger partial charge in [-0.05, 0) is 72.7 Å². The number of hydrogen-bond acceptors (Lipinski definition) is 10. The molecule has 0 atom stereocenters. The van der Waals surface area contributed by atoms with Crippen LogP contribution in [0.15, 0.2) is 77.4 Å². The van der Waals surface area contributed by atoms with E-state index in [9.17, 15) is 19.7 Å². The average Bonchev–Trinajstić information content (AvgIpc) is 3.55. The molecule has 11 heteroatoms. The number of carbonyl (C=O) groups is 2. The first-order valence-electron chi connectivity index (χ1n) is 11.7. The molecule has 0 spiro atoms. The van der Waals surface area contributed by atoms with Crippen molar-refractivity contribution in [2.45, 2.75) is 6.92 Å². The third-order valence-electron chi connectivity index (χ3n) is 5.54. The van der Waals surface area contributed by atoms with Crippen LogP contribution in [0.3, 0.4) is 0 Å². The fourth-order valence-electron chi connectivity index (χ4n) is 3.70. The molecule has 0 aromatic heterocycles. The van der Waals surface area contributed by atoms with Crippen LogP contribution in [0, 0.1) is 10.1 Å². The van der Waals surface area contributed by atoms with Gasteiger partial charge in [0.05, 0.1) is 11.5 Å². The molecule has 2 aliphatic heterocycles. The molecule has 196 valence electrons. The van der Waals surface area contributed by atoms with Gasteiger partial charge >= 0.3 is 11.9 Å². The number of non-ortho nitro benzene ring substituents is 1. The van der Waals surface area contributed by atoms with Gasteiger partial charge in [-0.25, -0.2) is 14.6 Å². The number of nitrogens with zero attached hydrogens (tertiary/aromatic N) is 2. The Kier molecular flexibility index (Phi) is 7.04. The summed E-state index contributed by atoms with van der Waals surface area (Å²) in [7, 11) is 0. The van der Waals surface area contributed by atoms with Crippen molar-refractivity contribution in [1.29, 1.82) is 0 Å². The van der Waals surface area contributed by atoms with E-state index in [-0.39, 0.29) is 35.6 Å². The molecule has 0 aliphatic carbocycles. The fraction of sp³-hybridized carbons (Fsp3) is 0.107. The quantitative estimate of drug-likeness (QED) is 0.134. The average molecular weight is 528 g/mol. The maximum absolute atomic E-state index is 12.5. The molecular formula is C28H20N2O9. The van der Waals surface area contributed by atoms with Gasteiger partial charge in [-0.2, -0.15) is 0 Å². The molecule has 0 fully saturated rings. The summed E-state index contributed by atoms with van der Waals surface area (Å²) in [4.78, 5) is 39.4. The molecule has 2 heterocycles.